The molecule has 0 fully saturated rings. The van der Waals surface area contributed by atoms with Gasteiger partial charge in [-0.05, 0) is 48.9 Å². The van der Waals surface area contributed by atoms with E-state index in [1.807, 2.05) is 0 Å². The summed E-state index contributed by atoms with van der Waals surface area (Å²) in [7, 11) is 0. The van der Waals surface area contributed by atoms with E-state index >= 15 is 0 Å². The lowest BCUT2D eigenvalue weighted by Crippen LogP contribution is -1.93. The molecule has 2 rings (SSSR count). The Morgan fingerprint density at radius 2 is 1.44 bits per heavy atom. The Labute approximate surface area is 97.9 Å². The van der Waals surface area contributed by atoms with Gasteiger partial charge in [0, 0.05) is 0 Å². The van der Waals surface area contributed by atoms with Crippen LogP contribution in [0.15, 0.2) is 48.5 Å². The van der Waals surface area contributed by atoms with Crippen LogP contribution in [0.5, 0.6) is 0 Å². The van der Waals surface area contributed by atoms with E-state index < -0.39 is 0 Å². The quantitative estimate of drug-likeness (QED) is 0.714. The summed E-state index contributed by atoms with van der Waals surface area (Å²) < 4.78 is 0. The molecular weight excluding hydrogens is 192 g/mol. The van der Waals surface area contributed by atoms with Crippen LogP contribution in [-0.2, 0) is 6.42 Å². The maximum absolute atomic E-state index is 2.30. The van der Waals surface area contributed by atoms with Crippen molar-refractivity contribution in [3.05, 3.63) is 77.2 Å². The first kappa shape index (κ1) is 10.9. The Balaban J connectivity index is 2.09. The minimum absolute atomic E-state index is 1.01. The van der Waals surface area contributed by atoms with Crippen LogP contribution in [0.25, 0.3) is 0 Å². The van der Waals surface area contributed by atoms with Crippen molar-refractivity contribution in [3.63, 3.8) is 0 Å². The first-order chi connectivity index (χ1) is 7.77. The Kier molecular flexibility index (Phi) is 3.40. The molecule has 0 heterocycles. The first-order valence-electron chi connectivity index (χ1n) is 5.71. The van der Waals surface area contributed by atoms with Crippen LogP contribution in [0.2, 0.25) is 0 Å². The summed E-state index contributed by atoms with van der Waals surface area (Å²) in [5.74, 6) is 0. The Morgan fingerprint density at radius 1 is 0.812 bits per heavy atom. The van der Waals surface area contributed by atoms with Crippen LogP contribution in [0.1, 0.15) is 22.3 Å². The molecule has 0 aliphatic rings. The van der Waals surface area contributed by atoms with Gasteiger partial charge in [-0.25, -0.2) is 0 Å². The predicted octanol–water partition coefficient (Wildman–Crippen LogP) is 4.10. The lowest BCUT2D eigenvalue weighted by molar-refractivity contribution is 1.12. The molecule has 2 aromatic carbocycles. The average Bonchev–Trinajstić information content (AvgIpc) is 2.30. The number of rotatable bonds is 3. The highest BCUT2D eigenvalue weighted by Gasteiger charge is 2.00. The summed E-state index contributed by atoms with van der Waals surface area (Å²) in [6.45, 7) is 4.32. The molecule has 0 amide bonds. The van der Waals surface area contributed by atoms with Gasteiger partial charge in [-0.15, -0.1) is 0 Å². The summed E-state index contributed by atoms with van der Waals surface area (Å²) >= 11 is 0. The second-order valence-electron chi connectivity index (χ2n) is 4.19. The van der Waals surface area contributed by atoms with Gasteiger partial charge in [-0.2, -0.15) is 0 Å². The van der Waals surface area contributed by atoms with Crippen LogP contribution in [0.3, 0.4) is 0 Å². The lowest BCUT2D eigenvalue weighted by atomic mass is 9.98. The molecule has 2 aromatic rings. The number of hydrogen-bond donors (Lipinski definition) is 0. The fourth-order valence-electron chi connectivity index (χ4n) is 1.87. The van der Waals surface area contributed by atoms with Crippen molar-refractivity contribution in [2.45, 2.75) is 20.3 Å². The van der Waals surface area contributed by atoms with Crippen LogP contribution in [0.4, 0.5) is 0 Å². The molecule has 0 saturated heterocycles. The van der Waals surface area contributed by atoms with E-state index in [0.29, 0.717) is 0 Å². The molecule has 0 saturated carbocycles. The van der Waals surface area contributed by atoms with Gasteiger partial charge < -0.3 is 0 Å². The van der Waals surface area contributed by atoms with Crippen LogP contribution >= 0.6 is 0 Å². The third-order valence-corrected chi connectivity index (χ3v) is 2.99. The molecule has 1 radical (unpaired) electrons. The van der Waals surface area contributed by atoms with E-state index in [1.165, 1.54) is 22.3 Å². The summed E-state index contributed by atoms with van der Waals surface area (Å²) in [5.41, 5.74) is 5.46. The zero-order valence-electron chi connectivity index (χ0n) is 9.90. The number of hydrogen-bond acceptors (Lipinski definition) is 0. The van der Waals surface area contributed by atoms with Gasteiger partial charge in [-0.1, -0.05) is 48.5 Å². The molecule has 0 N–H and O–H groups in total. The molecule has 0 aliphatic heterocycles. The highest BCUT2D eigenvalue weighted by atomic mass is 14.1. The predicted molar refractivity (Wildman–Crippen MR) is 69.5 cm³/mol. The molecule has 0 heteroatoms. The topological polar surface area (TPSA) is 0 Å². The van der Waals surface area contributed by atoms with E-state index in [2.05, 4.69) is 68.8 Å². The normalized spacial score (nSPS) is 10.4. The van der Waals surface area contributed by atoms with Crippen molar-refractivity contribution < 1.29 is 0 Å². The smallest absolute Gasteiger partial charge is 0.00466 e. The summed E-state index contributed by atoms with van der Waals surface area (Å²) in [4.78, 5) is 0. The average molecular weight is 209 g/mol. The van der Waals surface area contributed by atoms with Gasteiger partial charge in [0.05, 0.1) is 0 Å². The van der Waals surface area contributed by atoms with E-state index in [9.17, 15) is 0 Å². The van der Waals surface area contributed by atoms with Gasteiger partial charge >= 0.3 is 0 Å². The maximum Gasteiger partial charge on any atom is -0.00466 e. The van der Waals surface area contributed by atoms with Gasteiger partial charge in [0.1, 0.15) is 0 Å². The van der Waals surface area contributed by atoms with E-state index in [0.717, 1.165) is 6.42 Å². The van der Waals surface area contributed by atoms with Gasteiger partial charge in [0.15, 0.2) is 0 Å². The van der Waals surface area contributed by atoms with Gasteiger partial charge in [0.2, 0.25) is 0 Å². The van der Waals surface area contributed by atoms with Crippen molar-refractivity contribution in [2.24, 2.45) is 0 Å². The van der Waals surface area contributed by atoms with Gasteiger partial charge in [0.25, 0.3) is 0 Å². The summed E-state index contributed by atoms with van der Waals surface area (Å²) in [6.07, 6.45) is 3.31. The van der Waals surface area contributed by atoms with E-state index in [4.69, 9.17) is 0 Å². The Hall–Kier alpha value is -1.56. The highest BCUT2D eigenvalue weighted by molar-refractivity contribution is 5.35. The van der Waals surface area contributed by atoms with Crippen molar-refractivity contribution >= 4 is 0 Å². The third-order valence-electron chi connectivity index (χ3n) is 2.99. The van der Waals surface area contributed by atoms with Crippen molar-refractivity contribution in [1.29, 1.82) is 0 Å². The standard InChI is InChI=1S/C16H17/c1-13-7-3-5-9-15(13)11-12-16-10-6-4-8-14(16)2/h3-11H,12H2,1-2H3. The highest BCUT2D eigenvalue weighted by Crippen LogP contribution is 2.15. The molecule has 0 nitrogen and oxygen atoms in total. The molecule has 0 spiro atoms. The molecular formula is C16H17. The van der Waals surface area contributed by atoms with Crippen molar-refractivity contribution in [2.75, 3.05) is 0 Å². The molecule has 0 aromatic heterocycles. The SMILES string of the molecule is Cc1ccccc1[CH]Cc1ccccc1C. The zero-order valence-corrected chi connectivity index (χ0v) is 9.90. The van der Waals surface area contributed by atoms with Crippen molar-refractivity contribution in [3.8, 4) is 0 Å². The fourth-order valence-corrected chi connectivity index (χ4v) is 1.87. The molecule has 16 heavy (non-hydrogen) atoms. The maximum atomic E-state index is 2.30. The molecule has 0 bridgehead atoms. The second-order valence-corrected chi connectivity index (χ2v) is 4.19. The Morgan fingerprint density at radius 3 is 2.12 bits per heavy atom. The minimum Gasteiger partial charge on any atom is -0.0620 e. The van der Waals surface area contributed by atoms with Crippen LogP contribution < -0.4 is 0 Å². The first-order valence-corrected chi connectivity index (χ1v) is 5.71. The Bertz CT molecular complexity index is 423. The second kappa shape index (κ2) is 4.98. The largest absolute Gasteiger partial charge is 0.0620 e. The molecule has 81 valence electrons. The van der Waals surface area contributed by atoms with Crippen molar-refractivity contribution in [1.82, 2.24) is 0 Å². The summed E-state index contributed by atoms with van der Waals surface area (Å²) in [6, 6.07) is 17.1. The molecule has 0 atom stereocenters. The lowest BCUT2D eigenvalue weighted by Gasteiger charge is -2.07. The van der Waals surface area contributed by atoms with E-state index in [1.54, 1.807) is 0 Å². The van der Waals surface area contributed by atoms with E-state index in [-0.39, 0.29) is 0 Å². The fraction of sp³-hybridized carbons (Fsp3) is 0.188. The van der Waals surface area contributed by atoms with Crippen LogP contribution in [-0.4, -0.2) is 0 Å². The third kappa shape index (κ3) is 2.52. The zero-order chi connectivity index (χ0) is 11.4. The van der Waals surface area contributed by atoms with Crippen LogP contribution in [0, 0.1) is 20.3 Å². The minimum atomic E-state index is 1.01. The monoisotopic (exact) mass is 209 g/mol. The summed E-state index contributed by atoms with van der Waals surface area (Å²) in [5, 5.41) is 0. The number of benzene rings is 2. The molecule has 0 aliphatic carbocycles. The van der Waals surface area contributed by atoms with Gasteiger partial charge in [-0.3, -0.25) is 0 Å². The number of aryl methyl sites for hydroxylation is 2. The molecule has 0 unspecified atom stereocenters.